The summed E-state index contributed by atoms with van der Waals surface area (Å²) in [5.41, 5.74) is 7.08. The van der Waals surface area contributed by atoms with Gasteiger partial charge < -0.3 is 20.6 Å². The van der Waals surface area contributed by atoms with Gasteiger partial charge in [-0.25, -0.2) is 14.1 Å². The van der Waals surface area contributed by atoms with Crippen LogP contribution in [0.15, 0.2) is 47.3 Å². The van der Waals surface area contributed by atoms with Crippen LogP contribution in [-0.2, 0) is 9.53 Å². The summed E-state index contributed by atoms with van der Waals surface area (Å²) in [4.78, 5) is 34.7. The molecule has 0 spiro atoms. The van der Waals surface area contributed by atoms with Crippen molar-refractivity contribution in [3.05, 3.63) is 70.2 Å². The van der Waals surface area contributed by atoms with Crippen molar-refractivity contribution < 1.29 is 19.0 Å². The second-order valence-corrected chi connectivity index (χ2v) is 9.39. The van der Waals surface area contributed by atoms with Gasteiger partial charge in [0, 0.05) is 17.1 Å². The number of carbonyl (C=O) groups is 1. The molecule has 1 fully saturated rings. The average molecular weight is 522 g/mol. The third-order valence-corrected chi connectivity index (χ3v) is 7.16. The van der Waals surface area contributed by atoms with Gasteiger partial charge in [0.1, 0.15) is 23.6 Å². The Hall–Kier alpha value is -4.20. The number of amides is 1. The van der Waals surface area contributed by atoms with Crippen molar-refractivity contribution in [1.82, 2.24) is 24.1 Å². The molecule has 1 aliphatic heterocycles. The second kappa shape index (κ2) is 8.73. The van der Waals surface area contributed by atoms with Crippen LogP contribution in [0.2, 0.25) is 0 Å². The lowest BCUT2D eigenvalue weighted by Gasteiger charge is -2.32. The lowest BCUT2D eigenvalue weighted by atomic mass is 10.1. The topological polar surface area (TPSA) is 152 Å². The molecule has 1 aliphatic rings. The minimum Gasteiger partial charge on any atom is -0.382 e. The number of halogens is 1. The van der Waals surface area contributed by atoms with Crippen molar-refractivity contribution in [3.8, 4) is 5.69 Å². The molecule has 188 valence electrons. The van der Waals surface area contributed by atoms with Gasteiger partial charge in [-0.05, 0) is 54.9 Å². The Morgan fingerprint density at radius 1 is 1.24 bits per heavy atom. The molecule has 11 nitrogen and oxygen atoms in total. The fourth-order valence-electron chi connectivity index (χ4n) is 4.44. The van der Waals surface area contributed by atoms with Gasteiger partial charge in [0.2, 0.25) is 0 Å². The van der Waals surface area contributed by atoms with E-state index in [0.29, 0.717) is 38.3 Å². The maximum absolute atomic E-state index is 13.4. The van der Waals surface area contributed by atoms with E-state index in [4.69, 9.17) is 10.5 Å². The number of benzene rings is 2. The number of nitrogen functional groups attached to an aromatic ring is 1. The minimum atomic E-state index is -1.53. The van der Waals surface area contributed by atoms with Gasteiger partial charge in [0.25, 0.3) is 11.5 Å². The molecule has 1 unspecified atom stereocenters. The van der Waals surface area contributed by atoms with Gasteiger partial charge in [-0.1, -0.05) is 0 Å². The van der Waals surface area contributed by atoms with Crippen LogP contribution >= 0.6 is 11.5 Å². The van der Waals surface area contributed by atoms with Crippen LogP contribution in [0.3, 0.4) is 0 Å². The summed E-state index contributed by atoms with van der Waals surface area (Å²) in [6.07, 6.45) is -2.84. The predicted octanol–water partition coefficient (Wildman–Crippen LogP) is 2.21. The van der Waals surface area contributed by atoms with Crippen LogP contribution in [0.25, 0.3) is 26.7 Å². The molecule has 4 heterocycles. The summed E-state index contributed by atoms with van der Waals surface area (Å²) in [5.74, 6) is -0.310. The van der Waals surface area contributed by atoms with E-state index in [9.17, 15) is 19.1 Å². The largest absolute Gasteiger partial charge is 0.382 e. The highest BCUT2D eigenvalue weighted by Gasteiger charge is 2.39. The van der Waals surface area contributed by atoms with E-state index in [1.807, 2.05) is 6.92 Å². The van der Waals surface area contributed by atoms with Crippen molar-refractivity contribution in [1.29, 1.82) is 0 Å². The zero-order valence-electron chi connectivity index (χ0n) is 19.4. The first-order valence-corrected chi connectivity index (χ1v) is 12.1. The first-order chi connectivity index (χ1) is 17.8. The summed E-state index contributed by atoms with van der Waals surface area (Å²) >= 11 is 1.09. The van der Waals surface area contributed by atoms with Gasteiger partial charge in [-0.2, -0.15) is 4.37 Å². The predicted molar refractivity (Wildman–Crippen MR) is 135 cm³/mol. The number of aromatic amines is 1. The second-order valence-electron chi connectivity index (χ2n) is 8.61. The number of carbonyl (C=O) groups excluding carboxylic acids is 1. The number of rotatable bonds is 4. The number of morpholine rings is 1. The molecule has 0 radical (unpaired) electrons. The number of nitrogens with one attached hydrogen (secondary N) is 1. The molecule has 2 aromatic carbocycles. The van der Waals surface area contributed by atoms with Gasteiger partial charge in [-0.15, -0.1) is 5.10 Å². The Labute approximate surface area is 212 Å². The maximum Gasteiger partial charge on any atom is 0.260 e. The Morgan fingerprint density at radius 2 is 2.03 bits per heavy atom. The lowest BCUT2D eigenvalue weighted by molar-refractivity contribution is -0.143. The molecule has 0 bridgehead atoms. The van der Waals surface area contributed by atoms with Crippen LogP contribution in [0.1, 0.15) is 17.6 Å². The summed E-state index contributed by atoms with van der Waals surface area (Å²) in [5, 5.41) is 16.5. The SMILES string of the molecule is Cc1cc(N2CCOC([C@@H](O)c3nc4ccc5c(N)nsc5c4c(=O)[nH]3)C2=O)nn1-c1ccc(F)cc1. The van der Waals surface area contributed by atoms with Crippen molar-refractivity contribution in [2.45, 2.75) is 19.1 Å². The number of anilines is 2. The van der Waals surface area contributed by atoms with Crippen LogP contribution in [-0.4, -0.2) is 54.4 Å². The van der Waals surface area contributed by atoms with Crippen LogP contribution in [0, 0.1) is 12.7 Å². The van der Waals surface area contributed by atoms with Gasteiger partial charge in [-0.3, -0.25) is 14.5 Å². The number of ether oxygens (including phenoxy) is 1. The quantitative estimate of drug-likeness (QED) is 0.326. The van der Waals surface area contributed by atoms with Crippen molar-refractivity contribution in [2.75, 3.05) is 23.8 Å². The Bertz CT molecular complexity index is 1730. The fourth-order valence-corrected chi connectivity index (χ4v) is 5.29. The minimum absolute atomic E-state index is 0.0949. The van der Waals surface area contributed by atoms with Crippen LogP contribution < -0.4 is 16.2 Å². The van der Waals surface area contributed by atoms with E-state index < -0.39 is 23.7 Å². The molecular weight excluding hydrogens is 501 g/mol. The van der Waals surface area contributed by atoms with E-state index in [1.54, 1.807) is 35.0 Å². The molecule has 1 saturated heterocycles. The number of aryl methyl sites for hydroxylation is 1. The van der Waals surface area contributed by atoms with Crippen LogP contribution in [0.5, 0.6) is 0 Å². The Kier molecular flexibility index (Phi) is 5.47. The molecule has 0 aliphatic carbocycles. The monoisotopic (exact) mass is 521 g/mol. The number of nitrogens with zero attached hydrogens (tertiary/aromatic N) is 5. The summed E-state index contributed by atoms with van der Waals surface area (Å²) < 4.78 is 25.2. The smallest absolute Gasteiger partial charge is 0.260 e. The van der Waals surface area contributed by atoms with Crippen LogP contribution in [0.4, 0.5) is 16.0 Å². The molecule has 37 heavy (non-hydrogen) atoms. The van der Waals surface area contributed by atoms with E-state index in [-0.39, 0.29) is 24.8 Å². The van der Waals surface area contributed by atoms with Crippen molar-refractivity contribution in [3.63, 3.8) is 0 Å². The Balaban J connectivity index is 1.31. The highest BCUT2D eigenvalue weighted by atomic mass is 32.1. The number of fused-ring (bicyclic) bond motifs is 3. The van der Waals surface area contributed by atoms with Gasteiger partial charge >= 0.3 is 0 Å². The molecule has 0 saturated carbocycles. The number of H-pyrrole nitrogens is 1. The fraction of sp³-hybridized carbons (Fsp3) is 0.208. The summed E-state index contributed by atoms with van der Waals surface area (Å²) in [6.45, 7) is 2.16. The highest BCUT2D eigenvalue weighted by molar-refractivity contribution is 7.14. The summed E-state index contributed by atoms with van der Waals surface area (Å²) in [6, 6.07) is 10.9. The molecule has 3 aromatic heterocycles. The molecule has 6 rings (SSSR count). The first-order valence-electron chi connectivity index (χ1n) is 11.3. The average Bonchev–Trinajstić information content (AvgIpc) is 3.46. The molecule has 2 atom stereocenters. The molecule has 1 amide bonds. The van der Waals surface area contributed by atoms with E-state index >= 15 is 0 Å². The van der Waals surface area contributed by atoms with Gasteiger partial charge in [0.15, 0.2) is 11.9 Å². The van der Waals surface area contributed by atoms with E-state index in [2.05, 4.69) is 19.4 Å². The summed E-state index contributed by atoms with van der Waals surface area (Å²) in [7, 11) is 0. The molecular formula is C24H20FN7O4S. The highest BCUT2D eigenvalue weighted by Crippen LogP contribution is 2.31. The van der Waals surface area contributed by atoms with Crippen molar-refractivity contribution in [2.24, 2.45) is 0 Å². The van der Waals surface area contributed by atoms with E-state index in [0.717, 1.165) is 17.2 Å². The first kappa shape index (κ1) is 23.2. The molecule has 4 N–H and O–H groups in total. The number of aromatic nitrogens is 5. The lowest BCUT2D eigenvalue weighted by Crippen LogP contribution is -2.50. The third-order valence-electron chi connectivity index (χ3n) is 6.27. The third kappa shape index (κ3) is 3.84. The zero-order valence-corrected chi connectivity index (χ0v) is 20.2. The number of aliphatic hydroxyl groups excluding tert-OH is 1. The molecule has 5 aromatic rings. The number of hydrogen-bond acceptors (Lipinski definition) is 9. The Morgan fingerprint density at radius 3 is 2.81 bits per heavy atom. The van der Waals surface area contributed by atoms with E-state index in [1.165, 1.54) is 17.0 Å². The van der Waals surface area contributed by atoms with Crippen molar-refractivity contribution >= 4 is 50.1 Å². The maximum atomic E-state index is 13.4. The number of nitrogens with two attached hydrogens (primary N) is 1. The zero-order chi connectivity index (χ0) is 25.8. The van der Waals surface area contributed by atoms with Gasteiger partial charge in [0.05, 0.1) is 34.4 Å². The standard InChI is InChI=1S/C24H20FN7O4S/c1-11-10-16(29-32(11)13-4-2-12(25)3-5-13)31-8-9-36-19(24(31)35)18(33)22-27-15-7-6-14-20(37-30-21(14)26)17(15)23(34)28-22/h2-7,10,18-19,33H,8-9H2,1H3,(H2,26,30)(H,27,28,34)/t18-,19?/m1/s1. The number of hydrogen-bond donors (Lipinski definition) is 3. The normalized spacial score (nSPS) is 17.1. The number of aliphatic hydroxyl groups is 1. The molecule has 13 heteroatoms.